The summed E-state index contributed by atoms with van der Waals surface area (Å²) in [5, 5.41) is 22.8. The molecule has 13 heteroatoms. The largest absolute Gasteiger partial charge is 0.493 e. The maximum Gasteiger partial charge on any atom is 0.230 e. The van der Waals surface area contributed by atoms with Crippen LogP contribution in [-0.4, -0.2) is 55.0 Å². The first-order valence-electron chi connectivity index (χ1n) is 14.6. The van der Waals surface area contributed by atoms with Gasteiger partial charge in [-0.3, -0.25) is 14.5 Å². The summed E-state index contributed by atoms with van der Waals surface area (Å²) in [5.41, 5.74) is 8.35. The minimum atomic E-state index is -0.783. The van der Waals surface area contributed by atoms with Crippen LogP contribution in [0.1, 0.15) is 70.3 Å². The van der Waals surface area contributed by atoms with Crippen LogP contribution >= 0.6 is 23.1 Å². The molecule has 1 unspecified atom stereocenters. The van der Waals surface area contributed by atoms with Crippen LogP contribution in [-0.2, 0) is 9.59 Å². The van der Waals surface area contributed by atoms with E-state index in [-0.39, 0.29) is 40.3 Å². The number of carbonyl (C=O) groups excluding carboxylic acids is 2. The van der Waals surface area contributed by atoms with E-state index in [0.29, 0.717) is 56.4 Å². The van der Waals surface area contributed by atoms with Crippen LogP contribution in [0.25, 0.3) is 0 Å². The first kappa shape index (κ1) is 31.7. The van der Waals surface area contributed by atoms with Crippen LogP contribution in [0.5, 0.6) is 17.2 Å². The van der Waals surface area contributed by atoms with Crippen LogP contribution in [0, 0.1) is 16.7 Å². The highest BCUT2D eigenvalue weighted by Crippen LogP contribution is 2.54. The van der Waals surface area contributed by atoms with Crippen LogP contribution < -0.4 is 30.2 Å². The number of aromatic nitrogens is 2. The number of methoxy groups -OCH3 is 3. The van der Waals surface area contributed by atoms with Crippen LogP contribution in [0.2, 0.25) is 0 Å². The van der Waals surface area contributed by atoms with Gasteiger partial charge in [-0.05, 0) is 30.7 Å². The maximum absolute atomic E-state index is 14.0. The highest BCUT2D eigenvalue weighted by Gasteiger charge is 2.46. The molecule has 1 aromatic carbocycles. The number of benzene rings is 1. The average Bonchev–Trinajstić information content (AvgIpc) is 3.47. The summed E-state index contributed by atoms with van der Waals surface area (Å²) in [6, 6.07) is 6.02. The van der Waals surface area contributed by atoms with Gasteiger partial charge in [0.05, 0.1) is 44.6 Å². The van der Waals surface area contributed by atoms with Gasteiger partial charge in [-0.15, -0.1) is 10.2 Å². The summed E-state index contributed by atoms with van der Waals surface area (Å²) in [7, 11) is 4.54. The number of amides is 1. The van der Waals surface area contributed by atoms with E-state index in [4.69, 9.17) is 19.9 Å². The van der Waals surface area contributed by atoms with E-state index < -0.39 is 5.92 Å². The maximum atomic E-state index is 14.0. The second kappa shape index (κ2) is 13.1. The Labute approximate surface area is 265 Å². The zero-order valence-corrected chi connectivity index (χ0v) is 27.3. The van der Waals surface area contributed by atoms with E-state index in [1.54, 1.807) is 17.0 Å². The zero-order chi connectivity index (χ0) is 31.6. The lowest BCUT2D eigenvalue weighted by Gasteiger charge is -2.42. The molecule has 11 nitrogen and oxygen atoms in total. The molecule has 0 saturated heterocycles. The molecular formula is C31H38N6O5S2. The fourth-order valence-corrected chi connectivity index (χ4v) is 8.08. The summed E-state index contributed by atoms with van der Waals surface area (Å²) in [6.45, 7) is 4.07. The molecule has 2 heterocycles. The molecule has 1 saturated carbocycles. The fraction of sp³-hybridized carbons (Fsp3) is 0.516. The number of Topliss-reactive ketones (excluding diaryl/α,β-unsaturated/α-hetero) is 1. The first-order valence-corrected chi connectivity index (χ1v) is 16.4. The topological polar surface area (TPSA) is 153 Å². The predicted molar refractivity (Wildman–Crippen MR) is 169 cm³/mol. The molecule has 2 aliphatic carbocycles. The van der Waals surface area contributed by atoms with Gasteiger partial charge < -0.3 is 25.3 Å². The van der Waals surface area contributed by atoms with E-state index >= 15 is 0 Å². The minimum Gasteiger partial charge on any atom is -0.493 e. The Balaban J connectivity index is 1.53. The van der Waals surface area contributed by atoms with Crippen molar-refractivity contribution in [2.75, 3.05) is 32.0 Å². The second-order valence-electron chi connectivity index (χ2n) is 11.9. The van der Waals surface area contributed by atoms with Gasteiger partial charge in [0.15, 0.2) is 21.6 Å². The van der Waals surface area contributed by atoms with E-state index in [2.05, 4.69) is 21.6 Å². The zero-order valence-electron chi connectivity index (χ0n) is 25.7. The third-order valence-electron chi connectivity index (χ3n) is 8.31. The molecule has 1 aromatic heterocycles. The van der Waals surface area contributed by atoms with Crippen molar-refractivity contribution in [1.82, 2.24) is 15.5 Å². The van der Waals surface area contributed by atoms with Crippen LogP contribution in [0.4, 0.5) is 5.13 Å². The fourth-order valence-electron chi connectivity index (χ4n) is 6.38. The van der Waals surface area contributed by atoms with Crippen molar-refractivity contribution in [2.45, 2.75) is 75.1 Å². The molecular weight excluding hydrogens is 601 g/mol. The van der Waals surface area contributed by atoms with Crippen LogP contribution in [0.15, 0.2) is 39.1 Å². The second-order valence-corrected chi connectivity index (χ2v) is 14.1. The molecule has 1 atom stereocenters. The molecule has 44 heavy (non-hydrogen) atoms. The van der Waals surface area contributed by atoms with Crippen molar-refractivity contribution < 1.29 is 23.8 Å². The Morgan fingerprint density at radius 1 is 1.14 bits per heavy atom. The Bertz CT molecular complexity index is 1550. The lowest BCUT2D eigenvalue weighted by Crippen LogP contribution is -2.42. The standard InChI is InChI=1S/C31H38N6O5S2/c1-31(2)13-20-25(21(38)14-31)24(18-11-12-22(40-3)27(42-5)26(18)41-4)19(15-32)28(33)37(20)29-35-36-30(44-29)43-16-23(39)34-17-9-7-6-8-10-17/h11-12,17,24H,6-10,13-14,16,33H2,1-5H3,(H,34,39). The number of nitrogens with two attached hydrogens (primary N) is 1. The molecule has 1 fully saturated rings. The van der Waals surface area contributed by atoms with Gasteiger partial charge in [0.1, 0.15) is 5.82 Å². The summed E-state index contributed by atoms with van der Waals surface area (Å²) < 4.78 is 17.5. The van der Waals surface area contributed by atoms with Gasteiger partial charge >= 0.3 is 0 Å². The number of hydrogen-bond donors (Lipinski definition) is 2. The van der Waals surface area contributed by atoms with Gasteiger partial charge in [-0.1, -0.05) is 62.3 Å². The van der Waals surface area contributed by atoms with Gasteiger partial charge in [0.25, 0.3) is 0 Å². The van der Waals surface area contributed by atoms with Crippen molar-refractivity contribution in [3.05, 3.63) is 40.4 Å². The number of thioether (sulfide) groups is 1. The van der Waals surface area contributed by atoms with Crippen molar-refractivity contribution in [1.29, 1.82) is 5.26 Å². The highest BCUT2D eigenvalue weighted by atomic mass is 32.2. The normalized spacial score (nSPS) is 20.2. The van der Waals surface area contributed by atoms with Gasteiger partial charge in [0, 0.05) is 29.3 Å². The third kappa shape index (κ3) is 6.10. The molecule has 3 aliphatic rings. The van der Waals surface area contributed by atoms with E-state index in [0.717, 1.165) is 25.7 Å². The monoisotopic (exact) mass is 638 g/mol. The number of carbonyl (C=O) groups is 2. The molecule has 1 aliphatic heterocycles. The molecule has 5 rings (SSSR count). The summed E-state index contributed by atoms with van der Waals surface area (Å²) >= 11 is 2.58. The van der Waals surface area contributed by atoms with Gasteiger partial charge in [-0.25, -0.2) is 0 Å². The SMILES string of the molecule is COc1ccc(C2C(C#N)=C(N)N(c3nnc(SCC(=O)NC4CCCCC4)s3)C3=C2C(=O)CC(C)(C)C3)c(OC)c1OC. The minimum absolute atomic E-state index is 0.0286. The molecule has 234 valence electrons. The Hall–Kier alpha value is -3.76. The molecule has 2 aromatic rings. The van der Waals surface area contributed by atoms with E-state index in [9.17, 15) is 14.9 Å². The Morgan fingerprint density at radius 3 is 2.52 bits per heavy atom. The predicted octanol–water partition coefficient (Wildman–Crippen LogP) is 5.05. The Kier molecular flexibility index (Phi) is 9.41. The van der Waals surface area contributed by atoms with Crippen molar-refractivity contribution in [2.24, 2.45) is 11.1 Å². The highest BCUT2D eigenvalue weighted by molar-refractivity contribution is 8.01. The van der Waals surface area contributed by atoms with Gasteiger partial charge in [0.2, 0.25) is 16.8 Å². The van der Waals surface area contributed by atoms with Crippen molar-refractivity contribution in [3.63, 3.8) is 0 Å². The average molecular weight is 639 g/mol. The molecule has 3 N–H and O–H groups in total. The van der Waals surface area contributed by atoms with Crippen molar-refractivity contribution in [3.8, 4) is 23.3 Å². The third-order valence-corrected chi connectivity index (χ3v) is 10.4. The van der Waals surface area contributed by atoms with Gasteiger partial charge in [-0.2, -0.15) is 5.26 Å². The summed E-state index contributed by atoms with van der Waals surface area (Å²) in [4.78, 5) is 28.3. The molecule has 0 spiro atoms. The smallest absolute Gasteiger partial charge is 0.230 e. The quantitative estimate of drug-likeness (QED) is 0.355. The van der Waals surface area contributed by atoms with Crippen LogP contribution in [0.3, 0.4) is 0 Å². The number of allylic oxidation sites excluding steroid dienone is 3. The number of anilines is 1. The summed E-state index contributed by atoms with van der Waals surface area (Å²) in [6.07, 6.45) is 6.37. The first-order chi connectivity index (χ1) is 21.1. The van der Waals surface area contributed by atoms with E-state index in [1.807, 2.05) is 13.8 Å². The number of ketones is 1. The van der Waals surface area contributed by atoms with Crippen molar-refractivity contribution >= 4 is 39.9 Å². The number of hydrogen-bond acceptors (Lipinski definition) is 12. The number of nitrogens with one attached hydrogen (secondary N) is 1. The summed E-state index contributed by atoms with van der Waals surface area (Å²) in [5.74, 6) is 0.668. The Morgan fingerprint density at radius 2 is 1.86 bits per heavy atom. The number of ether oxygens (including phenoxy) is 3. The molecule has 0 radical (unpaired) electrons. The van der Waals surface area contributed by atoms with E-state index in [1.165, 1.54) is 50.8 Å². The number of nitrogens with zero attached hydrogens (tertiary/aromatic N) is 4. The number of nitriles is 1. The lowest BCUT2D eigenvalue weighted by molar-refractivity contribution is -0.119. The molecule has 0 bridgehead atoms. The molecule has 1 amide bonds. The number of rotatable bonds is 9. The lowest BCUT2D eigenvalue weighted by atomic mass is 9.68.